The van der Waals surface area contributed by atoms with E-state index in [0.29, 0.717) is 13.0 Å². The van der Waals surface area contributed by atoms with Crippen LogP contribution in [0.2, 0.25) is 18.1 Å². The molecular weight excluding hydrogens is 372 g/mol. The number of hydrogen-bond donors (Lipinski definition) is 0. The zero-order valence-corrected chi connectivity index (χ0v) is 20.5. The minimum absolute atomic E-state index is 0.0820. The first-order valence-electron chi connectivity index (χ1n) is 11.1. The largest absolute Gasteiger partial charge is 0.460 e. The summed E-state index contributed by atoms with van der Waals surface area (Å²) in [4.78, 5) is 11.7. The van der Waals surface area contributed by atoms with Crippen molar-refractivity contribution in [1.82, 2.24) is 0 Å². The number of hydrogen-bond acceptors (Lipinski definition) is 5. The molecule has 5 nitrogen and oxygen atoms in total. The van der Waals surface area contributed by atoms with Crippen LogP contribution in [0.15, 0.2) is 0 Å². The first-order chi connectivity index (χ1) is 13.0. The maximum Gasteiger partial charge on any atom is 0.302 e. The Bertz CT molecular complexity index is 460. The maximum absolute atomic E-state index is 11.7. The Balaban J connectivity index is 2.60. The Hall–Kier alpha value is -0.433. The number of carbonyl (C=O) groups excluding carboxylic acids is 1. The van der Waals surface area contributed by atoms with Crippen molar-refractivity contribution >= 4 is 14.3 Å². The first-order valence-corrected chi connectivity index (χ1v) is 14.0. The van der Waals surface area contributed by atoms with E-state index in [1.165, 1.54) is 39.0 Å². The predicted octanol–water partition coefficient (Wildman–Crippen LogP) is 5.82. The molecule has 1 rings (SSSR count). The van der Waals surface area contributed by atoms with Gasteiger partial charge in [0.15, 0.2) is 14.6 Å². The van der Waals surface area contributed by atoms with E-state index >= 15 is 0 Å². The molecule has 0 aliphatic carbocycles. The zero-order chi connectivity index (χ0) is 21.4. The molecule has 0 aromatic rings. The van der Waals surface area contributed by atoms with Crippen molar-refractivity contribution in [3.8, 4) is 0 Å². The number of esters is 1. The third kappa shape index (κ3) is 8.52. The second-order valence-electron chi connectivity index (χ2n) is 9.64. The molecule has 0 unspecified atom stereocenters. The summed E-state index contributed by atoms with van der Waals surface area (Å²) in [5.41, 5.74) is 0. The third-order valence-electron chi connectivity index (χ3n) is 5.98. The smallest absolute Gasteiger partial charge is 0.302 e. The van der Waals surface area contributed by atoms with E-state index in [2.05, 4.69) is 40.8 Å². The topological polar surface area (TPSA) is 54.0 Å². The van der Waals surface area contributed by atoms with E-state index in [4.69, 9.17) is 18.6 Å². The van der Waals surface area contributed by atoms with Gasteiger partial charge in [0.05, 0.1) is 6.10 Å². The molecule has 6 heteroatoms. The molecule has 0 spiro atoms. The van der Waals surface area contributed by atoms with Crippen LogP contribution in [0.5, 0.6) is 0 Å². The van der Waals surface area contributed by atoms with Crippen LogP contribution < -0.4 is 0 Å². The van der Waals surface area contributed by atoms with Crippen molar-refractivity contribution in [3.63, 3.8) is 0 Å². The molecule has 1 saturated heterocycles. The standard InChI is InChI=1S/C22H44O5Si/c1-9-10-11-12-13-14-15-24-20-16-19(26-18(3)23)21(17(2)25-20)27-28(7,8)22(4,5)6/h17,19-21H,9-16H2,1-8H3/t17-,19-,20+,21-/m1/s1. The summed E-state index contributed by atoms with van der Waals surface area (Å²) in [6.07, 6.45) is 6.79. The molecule has 0 saturated carbocycles. The van der Waals surface area contributed by atoms with Gasteiger partial charge < -0.3 is 18.6 Å². The number of unbranched alkanes of at least 4 members (excludes halogenated alkanes) is 5. The molecule has 0 bridgehead atoms. The van der Waals surface area contributed by atoms with Crippen molar-refractivity contribution < 1.29 is 23.4 Å². The molecule has 166 valence electrons. The summed E-state index contributed by atoms with van der Waals surface area (Å²) in [5, 5.41) is 0.0820. The average Bonchev–Trinajstić information content (AvgIpc) is 2.55. The lowest BCUT2D eigenvalue weighted by atomic mass is 10.0. The minimum atomic E-state index is -2.01. The van der Waals surface area contributed by atoms with Crippen LogP contribution in [0.1, 0.15) is 86.5 Å². The lowest BCUT2D eigenvalue weighted by Crippen LogP contribution is -2.56. The number of rotatable bonds is 11. The Morgan fingerprint density at radius 3 is 2.29 bits per heavy atom. The number of carbonyl (C=O) groups is 1. The lowest BCUT2D eigenvalue weighted by Gasteiger charge is -2.46. The van der Waals surface area contributed by atoms with E-state index in [1.807, 2.05) is 6.92 Å². The highest BCUT2D eigenvalue weighted by molar-refractivity contribution is 6.74. The fourth-order valence-electron chi connectivity index (χ4n) is 3.22. The minimum Gasteiger partial charge on any atom is -0.460 e. The van der Waals surface area contributed by atoms with Gasteiger partial charge in [-0.3, -0.25) is 4.79 Å². The average molecular weight is 417 g/mol. The van der Waals surface area contributed by atoms with E-state index in [0.717, 1.165) is 6.42 Å². The van der Waals surface area contributed by atoms with Crippen LogP contribution >= 0.6 is 0 Å². The summed E-state index contributed by atoms with van der Waals surface area (Å²) in [7, 11) is -2.01. The van der Waals surface area contributed by atoms with Crippen molar-refractivity contribution in [1.29, 1.82) is 0 Å². The second-order valence-corrected chi connectivity index (χ2v) is 14.4. The highest BCUT2D eigenvalue weighted by atomic mass is 28.4. The SMILES string of the molecule is CCCCCCCCO[C@@H]1C[C@@H](OC(C)=O)[C@H](O[Si](C)(C)C(C)(C)C)[C@@H](C)O1. The van der Waals surface area contributed by atoms with Gasteiger partial charge in [-0.25, -0.2) is 0 Å². The lowest BCUT2D eigenvalue weighted by molar-refractivity contribution is -0.247. The van der Waals surface area contributed by atoms with Gasteiger partial charge in [-0.1, -0.05) is 59.8 Å². The summed E-state index contributed by atoms with van der Waals surface area (Å²) < 4.78 is 24.3. The molecule has 28 heavy (non-hydrogen) atoms. The Morgan fingerprint density at radius 1 is 1.11 bits per heavy atom. The maximum atomic E-state index is 11.7. The summed E-state index contributed by atoms with van der Waals surface area (Å²) >= 11 is 0. The highest BCUT2D eigenvalue weighted by Crippen LogP contribution is 2.39. The van der Waals surface area contributed by atoms with Gasteiger partial charge in [-0.05, 0) is 31.5 Å². The fourth-order valence-corrected chi connectivity index (χ4v) is 4.60. The monoisotopic (exact) mass is 416 g/mol. The van der Waals surface area contributed by atoms with Crippen molar-refractivity contribution in [2.24, 2.45) is 0 Å². The molecular formula is C22H44O5Si. The molecule has 0 radical (unpaired) electrons. The van der Waals surface area contributed by atoms with E-state index in [1.54, 1.807) is 0 Å². The normalized spacial score (nSPS) is 26.3. The van der Waals surface area contributed by atoms with Gasteiger partial charge in [-0.2, -0.15) is 0 Å². The van der Waals surface area contributed by atoms with Crippen molar-refractivity contribution in [2.45, 2.75) is 129 Å². The molecule has 0 aromatic carbocycles. The van der Waals surface area contributed by atoms with Gasteiger partial charge in [-0.15, -0.1) is 0 Å². The second kappa shape index (κ2) is 11.7. The Labute approximate surface area is 174 Å². The van der Waals surface area contributed by atoms with E-state index in [9.17, 15) is 4.79 Å². The van der Waals surface area contributed by atoms with Crippen LogP contribution in [-0.4, -0.2) is 45.5 Å². The molecule has 1 heterocycles. The first kappa shape index (κ1) is 25.6. The fraction of sp³-hybridized carbons (Fsp3) is 0.955. The van der Waals surface area contributed by atoms with Crippen molar-refractivity contribution in [2.75, 3.05) is 6.61 Å². The van der Waals surface area contributed by atoms with Crippen molar-refractivity contribution in [3.05, 3.63) is 0 Å². The van der Waals surface area contributed by atoms with Crippen LogP contribution in [0.4, 0.5) is 0 Å². The summed E-state index contributed by atoms with van der Waals surface area (Å²) in [6, 6.07) is 0. The van der Waals surface area contributed by atoms with Crippen LogP contribution in [0.25, 0.3) is 0 Å². The van der Waals surface area contributed by atoms with Gasteiger partial charge in [0, 0.05) is 20.0 Å². The van der Waals surface area contributed by atoms with Gasteiger partial charge >= 0.3 is 5.97 Å². The third-order valence-corrected chi connectivity index (χ3v) is 10.4. The molecule has 0 aromatic heterocycles. The Morgan fingerprint density at radius 2 is 1.71 bits per heavy atom. The van der Waals surface area contributed by atoms with Gasteiger partial charge in [0.1, 0.15) is 12.2 Å². The van der Waals surface area contributed by atoms with Crippen LogP contribution in [-0.2, 0) is 23.4 Å². The Kier molecular flexibility index (Phi) is 10.7. The zero-order valence-electron chi connectivity index (χ0n) is 19.5. The van der Waals surface area contributed by atoms with Gasteiger partial charge in [0.2, 0.25) is 0 Å². The highest BCUT2D eigenvalue weighted by Gasteiger charge is 2.46. The predicted molar refractivity (Wildman–Crippen MR) is 116 cm³/mol. The summed E-state index contributed by atoms with van der Waals surface area (Å²) in [5.74, 6) is -0.280. The molecule has 1 aliphatic rings. The number of ether oxygens (including phenoxy) is 3. The van der Waals surface area contributed by atoms with E-state index in [-0.39, 0.29) is 35.6 Å². The van der Waals surface area contributed by atoms with E-state index < -0.39 is 8.32 Å². The van der Waals surface area contributed by atoms with Crippen LogP contribution in [0.3, 0.4) is 0 Å². The molecule has 1 fully saturated rings. The summed E-state index contributed by atoms with van der Waals surface area (Å²) in [6.45, 7) is 17.4. The van der Waals surface area contributed by atoms with Gasteiger partial charge in [0.25, 0.3) is 0 Å². The molecule has 4 atom stereocenters. The molecule has 1 aliphatic heterocycles. The van der Waals surface area contributed by atoms with Crippen LogP contribution in [0, 0.1) is 0 Å². The molecule has 0 N–H and O–H groups in total. The molecule has 0 amide bonds. The quantitative estimate of drug-likeness (QED) is 0.241.